The molecule has 0 saturated carbocycles. The van der Waals surface area contributed by atoms with Gasteiger partial charge < -0.3 is 9.47 Å². The molecule has 9 nitrogen and oxygen atoms in total. The Morgan fingerprint density at radius 1 is 1.37 bits per heavy atom. The Bertz CT molecular complexity index is 382. The Morgan fingerprint density at radius 2 is 2.00 bits per heavy atom. The molecule has 1 aliphatic heterocycles. The Hall–Kier alpha value is -1.90. The van der Waals surface area contributed by atoms with Gasteiger partial charge in [-0.2, -0.15) is 0 Å². The summed E-state index contributed by atoms with van der Waals surface area (Å²) in [6, 6.07) is 0. The molecule has 1 fully saturated rings. The Morgan fingerprint density at radius 3 is 2.42 bits per heavy atom. The van der Waals surface area contributed by atoms with E-state index >= 15 is 0 Å². The van der Waals surface area contributed by atoms with E-state index in [1.165, 1.54) is 0 Å². The molecule has 1 heterocycles. The summed E-state index contributed by atoms with van der Waals surface area (Å²) in [5.41, 5.74) is -2.77. The number of carbonyl (C=O) groups excluding carboxylic acids is 2. The lowest BCUT2D eigenvalue weighted by molar-refractivity contribution is -0.778. The molecule has 0 aromatic heterocycles. The second-order valence-electron chi connectivity index (χ2n) is 5.03. The third-order valence-corrected chi connectivity index (χ3v) is 2.24. The van der Waals surface area contributed by atoms with E-state index in [4.69, 9.17) is 4.74 Å². The summed E-state index contributed by atoms with van der Waals surface area (Å²) >= 11 is 0. The molecule has 0 bridgehead atoms. The van der Waals surface area contributed by atoms with Crippen LogP contribution in [0.3, 0.4) is 0 Å². The molecule has 9 heteroatoms. The Labute approximate surface area is 109 Å². The van der Waals surface area contributed by atoms with E-state index in [1.54, 1.807) is 20.8 Å². The lowest BCUT2D eigenvalue weighted by Crippen LogP contribution is -2.53. The van der Waals surface area contributed by atoms with E-state index in [1.807, 2.05) is 0 Å². The van der Waals surface area contributed by atoms with Gasteiger partial charge in [-0.3, -0.25) is 10.2 Å². The number of nitrogens with zero attached hydrogens (tertiary/aromatic N) is 1. The minimum Gasteiger partial charge on any atom is -0.428 e. The number of hydrogen-bond acceptors (Lipinski definition) is 8. The molecule has 1 aliphatic rings. The third-order valence-electron chi connectivity index (χ3n) is 2.24. The molecule has 0 amide bonds. The van der Waals surface area contributed by atoms with Crippen molar-refractivity contribution in [3.8, 4) is 0 Å². The molecular weight excluding hydrogens is 260 g/mol. The van der Waals surface area contributed by atoms with Crippen LogP contribution in [0.25, 0.3) is 0 Å². The van der Waals surface area contributed by atoms with Crippen LogP contribution in [-0.2, 0) is 19.1 Å². The molecule has 108 valence electrons. The van der Waals surface area contributed by atoms with E-state index in [0.29, 0.717) is 13.0 Å². The topological polar surface area (TPSA) is 117 Å². The van der Waals surface area contributed by atoms with E-state index in [-0.39, 0.29) is 6.42 Å². The van der Waals surface area contributed by atoms with Crippen LogP contribution in [0.4, 0.5) is 4.79 Å². The molecule has 19 heavy (non-hydrogen) atoms. The standard InChI is InChI=1S/C10H16N2O7/c1-9(2,3)18-8(14)17-7(13)10(19-12(15)16)5-4-6-11-10/h11H,4-6H2,1-3H3/t10-/m1/s1. The first-order valence-electron chi connectivity index (χ1n) is 5.68. The minimum atomic E-state index is -1.93. The quantitative estimate of drug-likeness (QED) is 0.347. The van der Waals surface area contributed by atoms with Crippen molar-refractivity contribution >= 4 is 12.1 Å². The van der Waals surface area contributed by atoms with Crippen molar-refractivity contribution < 1.29 is 29.0 Å². The normalized spacial score (nSPS) is 22.7. The highest BCUT2D eigenvalue weighted by atomic mass is 17.0. The van der Waals surface area contributed by atoms with Gasteiger partial charge >= 0.3 is 12.1 Å². The third kappa shape index (κ3) is 4.36. The van der Waals surface area contributed by atoms with Gasteiger partial charge in [0.05, 0.1) is 0 Å². The van der Waals surface area contributed by atoms with E-state index in [9.17, 15) is 19.7 Å². The van der Waals surface area contributed by atoms with Crippen molar-refractivity contribution in [2.24, 2.45) is 0 Å². The number of hydrogen-bond donors (Lipinski definition) is 1. The fourth-order valence-electron chi connectivity index (χ4n) is 1.56. The number of carbonyl (C=O) groups is 2. The van der Waals surface area contributed by atoms with Gasteiger partial charge in [0.25, 0.3) is 10.8 Å². The lowest BCUT2D eigenvalue weighted by Gasteiger charge is -2.24. The molecule has 1 rings (SSSR count). The second-order valence-corrected chi connectivity index (χ2v) is 5.03. The van der Waals surface area contributed by atoms with Gasteiger partial charge in [0.15, 0.2) is 0 Å². The van der Waals surface area contributed by atoms with Crippen LogP contribution in [0.15, 0.2) is 0 Å². The van der Waals surface area contributed by atoms with E-state index in [2.05, 4.69) is 14.9 Å². The summed E-state index contributed by atoms with van der Waals surface area (Å²) in [5.74, 6) is -1.18. The highest BCUT2D eigenvalue weighted by Gasteiger charge is 2.48. The average Bonchev–Trinajstić information content (AvgIpc) is 2.62. The molecule has 1 N–H and O–H groups in total. The van der Waals surface area contributed by atoms with Gasteiger partial charge in [0, 0.05) is 6.42 Å². The highest BCUT2D eigenvalue weighted by molar-refractivity contribution is 5.88. The largest absolute Gasteiger partial charge is 0.516 e. The number of esters is 1. The maximum absolute atomic E-state index is 11.8. The fraction of sp³-hybridized carbons (Fsp3) is 0.800. The number of ether oxygens (including phenoxy) is 2. The maximum atomic E-state index is 11.8. The molecule has 0 radical (unpaired) electrons. The fourth-order valence-corrected chi connectivity index (χ4v) is 1.56. The van der Waals surface area contributed by atoms with Gasteiger partial charge in [-0.15, -0.1) is 10.1 Å². The van der Waals surface area contributed by atoms with Gasteiger partial charge in [-0.05, 0) is 33.7 Å². The predicted octanol–water partition coefficient (Wildman–Crippen LogP) is 0.753. The van der Waals surface area contributed by atoms with Gasteiger partial charge in [0.1, 0.15) is 5.60 Å². The first-order chi connectivity index (χ1) is 8.65. The summed E-state index contributed by atoms with van der Waals surface area (Å²) in [4.78, 5) is 37.8. The van der Waals surface area contributed by atoms with E-state index < -0.39 is 28.5 Å². The number of nitrogens with one attached hydrogen (secondary N) is 1. The predicted molar refractivity (Wildman–Crippen MR) is 60.4 cm³/mol. The summed E-state index contributed by atoms with van der Waals surface area (Å²) in [6.45, 7) is 5.12. The average molecular weight is 276 g/mol. The van der Waals surface area contributed by atoms with Crippen LogP contribution >= 0.6 is 0 Å². The van der Waals surface area contributed by atoms with Crippen LogP contribution in [0.2, 0.25) is 0 Å². The molecule has 0 unspecified atom stereocenters. The molecular formula is C10H16N2O7. The smallest absolute Gasteiger partial charge is 0.428 e. The summed E-state index contributed by atoms with van der Waals surface area (Å²) in [7, 11) is 0. The Kier molecular flexibility index (Phi) is 4.30. The van der Waals surface area contributed by atoms with Crippen molar-refractivity contribution in [3.05, 3.63) is 10.1 Å². The van der Waals surface area contributed by atoms with Crippen molar-refractivity contribution in [3.63, 3.8) is 0 Å². The maximum Gasteiger partial charge on any atom is 0.516 e. The van der Waals surface area contributed by atoms with E-state index in [0.717, 1.165) is 0 Å². The van der Waals surface area contributed by atoms with Crippen LogP contribution in [0, 0.1) is 10.1 Å². The van der Waals surface area contributed by atoms with Gasteiger partial charge in [-0.1, -0.05) is 0 Å². The summed E-state index contributed by atoms with van der Waals surface area (Å²) < 4.78 is 9.21. The summed E-state index contributed by atoms with van der Waals surface area (Å²) in [5, 5.41) is 11.8. The molecule has 0 spiro atoms. The van der Waals surface area contributed by atoms with Gasteiger partial charge in [0.2, 0.25) is 0 Å². The zero-order chi connectivity index (χ0) is 14.7. The van der Waals surface area contributed by atoms with Crippen molar-refractivity contribution in [1.29, 1.82) is 0 Å². The van der Waals surface area contributed by atoms with Crippen molar-refractivity contribution in [2.45, 2.75) is 44.9 Å². The van der Waals surface area contributed by atoms with Crippen molar-refractivity contribution in [2.75, 3.05) is 6.54 Å². The zero-order valence-electron chi connectivity index (χ0n) is 10.9. The molecule has 0 aliphatic carbocycles. The van der Waals surface area contributed by atoms with Crippen LogP contribution in [0.1, 0.15) is 33.6 Å². The second kappa shape index (κ2) is 5.39. The minimum absolute atomic E-state index is 0.0373. The molecule has 1 atom stereocenters. The molecule has 0 aromatic rings. The van der Waals surface area contributed by atoms with Gasteiger partial charge in [-0.25, -0.2) is 9.59 Å². The monoisotopic (exact) mass is 276 g/mol. The SMILES string of the molecule is CC(C)(C)OC(=O)OC(=O)[C@]1(O[N+](=O)[O-])CCCN1. The lowest BCUT2D eigenvalue weighted by atomic mass is 10.2. The molecule has 0 aromatic carbocycles. The first-order valence-corrected chi connectivity index (χ1v) is 5.68. The van der Waals surface area contributed by atoms with Crippen LogP contribution in [-0.4, -0.2) is 35.1 Å². The summed E-state index contributed by atoms with van der Waals surface area (Å²) in [6.07, 6.45) is -0.704. The highest BCUT2D eigenvalue weighted by Crippen LogP contribution is 2.23. The molecule has 1 saturated heterocycles. The Balaban J connectivity index is 2.68. The van der Waals surface area contributed by atoms with Crippen molar-refractivity contribution in [1.82, 2.24) is 5.32 Å². The number of rotatable bonds is 3. The zero-order valence-corrected chi connectivity index (χ0v) is 10.9. The van der Waals surface area contributed by atoms with Crippen LogP contribution in [0.5, 0.6) is 0 Å². The van der Waals surface area contributed by atoms with Crippen LogP contribution < -0.4 is 5.32 Å². The first kappa shape index (κ1) is 15.2.